The first-order valence-corrected chi connectivity index (χ1v) is 11.9. The second-order valence-electron chi connectivity index (χ2n) is 9.03. The number of nitrogens with zero attached hydrogens (tertiary/aromatic N) is 6. The van der Waals surface area contributed by atoms with Gasteiger partial charge in [0.15, 0.2) is 0 Å². The van der Waals surface area contributed by atoms with Crippen LogP contribution in [0.4, 0.5) is 36.7 Å². The smallest absolute Gasteiger partial charge is 0.374 e. The highest BCUT2D eigenvalue weighted by Crippen LogP contribution is 2.35. The van der Waals surface area contributed by atoms with Crippen molar-refractivity contribution in [1.29, 1.82) is 0 Å². The Labute approximate surface area is 216 Å². The van der Waals surface area contributed by atoms with E-state index in [1.807, 2.05) is 5.10 Å². The van der Waals surface area contributed by atoms with Crippen LogP contribution in [0.15, 0.2) is 23.3 Å². The second-order valence-corrected chi connectivity index (χ2v) is 9.03. The maximum Gasteiger partial charge on any atom is 0.421 e. The lowest BCUT2D eigenvalue weighted by Gasteiger charge is -2.36. The molecule has 0 saturated carbocycles. The number of aromatic nitrogens is 4. The van der Waals surface area contributed by atoms with E-state index in [-0.39, 0.29) is 69.8 Å². The van der Waals surface area contributed by atoms with Crippen molar-refractivity contribution in [2.45, 2.75) is 30.9 Å². The third-order valence-corrected chi connectivity index (χ3v) is 6.49. The zero-order valence-corrected chi connectivity index (χ0v) is 20.3. The number of hydrogen-bond acceptors (Lipinski definition) is 8. The fourth-order valence-electron chi connectivity index (χ4n) is 4.54. The summed E-state index contributed by atoms with van der Waals surface area (Å²) in [7, 11) is 0. The Morgan fingerprint density at radius 2 is 1.72 bits per heavy atom. The van der Waals surface area contributed by atoms with Crippen LogP contribution in [0.1, 0.15) is 29.3 Å². The van der Waals surface area contributed by atoms with Gasteiger partial charge in [-0.05, 0) is 12.5 Å². The van der Waals surface area contributed by atoms with Crippen molar-refractivity contribution in [1.82, 2.24) is 30.0 Å². The van der Waals surface area contributed by atoms with Crippen LogP contribution in [0.3, 0.4) is 0 Å². The minimum Gasteiger partial charge on any atom is -0.374 e. The molecule has 17 heteroatoms. The van der Waals surface area contributed by atoms with Gasteiger partial charge in [0, 0.05) is 45.1 Å². The summed E-state index contributed by atoms with van der Waals surface area (Å²) >= 11 is 0. The monoisotopic (exact) mass is 567 g/mol. The van der Waals surface area contributed by atoms with Gasteiger partial charge in [-0.3, -0.25) is 14.5 Å². The molecule has 2 aliphatic rings. The molecule has 2 unspecified atom stereocenters. The van der Waals surface area contributed by atoms with Crippen LogP contribution in [0.2, 0.25) is 0 Å². The largest absolute Gasteiger partial charge is 0.421 e. The molecule has 0 aromatic carbocycles. The standard InChI is InChI=1S/C22H24F7N7O3/c23-1-6-39-14-7-17(16-8-15(22(27,28)29)19(38)33-32-16)36(11-14)12-18(37)34-2-4-35(5-3-34)20-30-9-13(10-31-20)21(24,25)26/h8-10,14,17H,1-7,11-12H2,(H,33,38). The molecule has 2 saturated heterocycles. The first-order chi connectivity index (χ1) is 18.4. The number of piperazine rings is 1. The minimum atomic E-state index is -4.91. The van der Waals surface area contributed by atoms with Crippen LogP contribution in [-0.2, 0) is 21.9 Å². The van der Waals surface area contributed by atoms with Crippen molar-refractivity contribution < 1.29 is 40.3 Å². The van der Waals surface area contributed by atoms with Gasteiger partial charge in [-0.2, -0.15) is 31.4 Å². The molecular formula is C22H24F7N7O3. The highest BCUT2D eigenvalue weighted by Gasteiger charge is 2.40. The third kappa shape index (κ3) is 6.81. The molecule has 2 aromatic heterocycles. The Bertz CT molecular complexity index is 1200. The van der Waals surface area contributed by atoms with Gasteiger partial charge in [-0.1, -0.05) is 0 Å². The molecule has 4 rings (SSSR count). The molecule has 1 amide bonds. The summed E-state index contributed by atoms with van der Waals surface area (Å²) in [6, 6.07) is -0.167. The van der Waals surface area contributed by atoms with Crippen molar-refractivity contribution >= 4 is 11.9 Å². The lowest BCUT2D eigenvalue weighted by Crippen LogP contribution is -2.51. The van der Waals surface area contributed by atoms with E-state index in [2.05, 4.69) is 15.1 Å². The van der Waals surface area contributed by atoms with E-state index >= 15 is 0 Å². The van der Waals surface area contributed by atoms with E-state index < -0.39 is 47.9 Å². The van der Waals surface area contributed by atoms with Crippen molar-refractivity contribution in [3.63, 3.8) is 0 Å². The molecule has 214 valence electrons. The summed E-state index contributed by atoms with van der Waals surface area (Å²) in [5.74, 6) is -0.258. The van der Waals surface area contributed by atoms with Gasteiger partial charge in [-0.25, -0.2) is 19.5 Å². The number of rotatable bonds is 7. The lowest BCUT2D eigenvalue weighted by atomic mass is 10.1. The number of carbonyl (C=O) groups excluding carboxylic acids is 1. The number of alkyl halides is 7. The summed E-state index contributed by atoms with van der Waals surface area (Å²) in [5.41, 5.74) is -3.90. The topological polar surface area (TPSA) is 108 Å². The van der Waals surface area contributed by atoms with Crippen molar-refractivity contribution in [3.8, 4) is 0 Å². The molecule has 0 bridgehead atoms. The summed E-state index contributed by atoms with van der Waals surface area (Å²) in [6.07, 6.45) is -8.55. The average molecular weight is 567 g/mol. The van der Waals surface area contributed by atoms with Crippen LogP contribution in [0.5, 0.6) is 0 Å². The van der Waals surface area contributed by atoms with Gasteiger partial charge in [0.05, 0.1) is 36.6 Å². The predicted octanol–water partition coefficient (Wildman–Crippen LogP) is 2.05. The van der Waals surface area contributed by atoms with E-state index in [9.17, 15) is 40.3 Å². The molecule has 2 atom stereocenters. The molecule has 10 nitrogen and oxygen atoms in total. The summed E-state index contributed by atoms with van der Waals surface area (Å²) in [4.78, 5) is 37.0. The molecule has 2 aromatic rings. The van der Waals surface area contributed by atoms with E-state index in [0.717, 1.165) is 0 Å². The molecule has 2 aliphatic heterocycles. The Hall–Kier alpha value is -3.34. The number of ether oxygens (including phenoxy) is 1. The third-order valence-electron chi connectivity index (χ3n) is 6.49. The van der Waals surface area contributed by atoms with Crippen molar-refractivity contribution in [2.24, 2.45) is 0 Å². The van der Waals surface area contributed by atoms with Crippen LogP contribution in [-0.4, -0.2) is 94.5 Å². The number of aromatic amines is 1. The van der Waals surface area contributed by atoms with Gasteiger partial charge in [0.25, 0.3) is 5.56 Å². The van der Waals surface area contributed by atoms with E-state index in [4.69, 9.17) is 4.74 Å². The maximum absolute atomic E-state index is 13.3. The molecule has 39 heavy (non-hydrogen) atoms. The van der Waals surface area contributed by atoms with Gasteiger partial charge in [0.2, 0.25) is 11.9 Å². The Balaban J connectivity index is 1.42. The number of hydrogen-bond donors (Lipinski definition) is 1. The van der Waals surface area contributed by atoms with Crippen molar-refractivity contribution in [3.05, 3.63) is 45.6 Å². The molecular weight excluding hydrogens is 543 g/mol. The highest BCUT2D eigenvalue weighted by molar-refractivity contribution is 5.78. The SMILES string of the molecule is O=C(CN1CC(OCCF)CC1c1cc(C(F)(F)F)c(=O)[nH]n1)N1CCN(c2ncc(C(F)(F)F)cn2)CC1. The maximum atomic E-state index is 13.3. The molecule has 0 aliphatic carbocycles. The van der Waals surface area contributed by atoms with E-state index in [1.54, 1.807) is 9.80 Å². The molecule has 4 heterocycles. The highest BCUT2D eigenvalue weighted by atomic mass is 19.4. The molecule has 1 N–H and O–H groups in total. The Kier molecular flexibility index (Phi) is 8.39. The van der Waals surface area contributed by atoms with E-state index in [0.29, 0.717) is 18.5 Å². The number of anilines is 1. The van der Waals surface area contributed by atoms with Crippen LogP contribution < -0.4 is 10.5 Å². The normalized spacial score (nSPS) is 21.0. The van der Waals surface area contributed by atoms with Gasteiger partial charge < -0.3 is 14.5 Å². The van der Waals surface area contributed by atoms with Crippen LogP contribution >= 0.6 is 0 Å². The molecule has 2 fully saturated rings. The zero-order chi connectivity index (χ0) is 28.4. The van der Waals surface area contributed by atoms with Crippen molar-refractivity contribution in [2.75, 3.05) is 57.4 Å². The Morgan fingerprint density at radius 1 is 1.05 bits per heavy atom. The van der Waals surface area contributed by atoms with Gasteiger partial charge in [-0.15, -0.1) is 0 Å². The van der Waals surface area contributed by atoms with Crippen LogP contribution in [0, 0.1) is 0 Å². The number of H-pyrrole nitrogens is 1. The fourth-order valence-corrected chi connectivity index (χ4v) is 4.54. The fraction of sp³-hybridized carbons (Fsp3) is 0.591. The summed E-state index contributed by atoms with van der Waals surface area (Å²) in [6.45, 7) is -0.158. The van der Waals surface area contributed by atoms with Crippen LogP contribution in [0.25, 0.3) is 0 Å². The van der Waals surface area contributed by atoms with Gasteiger partial charge >= 0.3 is 12.4 Å². The summed E-state index contributed by atoms with van der Waals surface area (Å²) < 4.78 is 96.1. The number of carbonyl (C=O) groups is 1. The zero-order valence-electron chi connectivity index (χ0n) is 20.3. The van der Waals surface area contributed by atoms with Gasteiger partial charge in [0.1, 0.15) is 12.2 Å². The average Bonchev–Trinajstić information content (AvgIpc) is 3.29. The quantitative estimate of drug-likeness (QED) is 0.507. The predicted molar refractivity (Wildman–Crippen MR) is 120 cm³/mol. The van der Waals surface area contributed by atoms with E-state index in [1.165, 1.54) is 4.90 Å². The molecule has 0 radical (unpaired) electrons. The number of nitrogens with one attached hydrogen (secondary N) is 1. The molecule has 0 spiro atoms. The number of halogens is 7. The first-order valence-electron chi connectivity index (χ1n) is 11.9. The summed E-state index contributed by atoms with van der Waals surface area (Å²) in [5, 5.41) is 5.61. The second kappa shape index (κ2) is 11.4. The number of likely N-dealkylation sites (tertiary alicyclic amines) is 1. The Morgan fingerprint density at radius 3 is 2.31 bits per heavy atom. The number of amides is 1. The lowest BCUT2D eigenvalue weighted by molar-refractivity contribution is -0.139. The minimum absolute atomic E-state index is 0.0900. The first kappa shape index (κ1) is 28.7.